The number of nitrogens with zero attached hydrogens (tertiary/aromatic N) is 2. The van der Waals surface area contributed by atoms with E-state index in [0.717, 1.165) is 11.3 Å². The average Bonchev–Trinajstić information content (AvgIpc) is 2.44. The second-order valence-electron chi connectivity index (χ2n) is 5.02. The summed E-state index contributed by atoms with van der Waals surface area (Å²) in [7, 11) is 0. The molecule has 0 aromatic heterocycles. The highest BCUT2D eigenvalue weighted by Gasteiger charge is 2.13. The van der Waals surface area contributed by atoms with Gasteiger partial charge >= 0.3 is 0 Å². The van der Waals surface area contributed by atoms with Crippen molar-refractivity contribution < 1.29 is 4.39 Å². The van der Waals surface area contributed by atoms with E-state index in [0.29, 0.717) is 12.1 Å². The van der Waals surface area contributed by atoms with E-state index in [1.165, 1.54) is 12.1 Å². The highest BCUT2D eigenvalue weighted by atomic mass is 19.1. The molecule has 2 aromatic rings. The van der Waals surface area contributed by atoms with Gasteiger partial charge in [0.2, 0.25) is 0 Å². The van der Waals surface area contributed by atoms with E-state index in [9.17, 15) is 4.39 Å². The van der Waals surface area contributed by atoms with E-state index < -0.39 is 0 Å². The summed E-state index contributed by atoms with van der Waals surface area (Å²) in [5, 5.41) is 8.96. The van der Waals surface area contributed by atoms with Crippen LogP contribution in [0.5, 0.6) is 0 Å². The van der Waals surface area contributed by atoms with Gasteiger partial charge in [-0.05, 0) is 37.6 Å². The summed E-state index contributed by atoms with van der Waals surface area (Å²) in [4.78, 5) is 2.08. The van der Waals surface area contributed by atoms with E-state index in [2.05, 4.69) is 18.7 Å². The molecule has 2 rings (SSSR count). The maximum atomic E-state index is 13.6. The zero-order valence-corrected chi connectivity index (χ0v) is 11.7. The Morgan fingerprint density at radius 1 is 1.15 bits per heavy atom. The Balaban J connectivity index is 2.34. The van der Waals surface area contributed by atoms with Crippen LogP contribution in [-0.2, 0) is 6.54 Å². The fraction of sp³-hybridized carbons (Fsp3) is 0.235. The monoisotopic (exact) mass is 268 g/mol. The predicted molar refractivity (Wildman–Crippen MR) is 78.9 cm³/mol. The van der Waals surface area contributed by atoms with Crippen LogP contribution in [0.15, 0.2) is 48.5 Å². The summed E-state index contributed by atoms with van der Waals surface area (Å²) in [6, 6.07) is 16.7. The third-order valence-corrected chi connectivity index (χ3v) is 3.16. The van der Waals surface area contributed by atoms with Crippen molar-refractivity contribution in [1.82, 2.24) is 0 Å². The first kappa shape index (κ1) is 14.1. The van der Waals surface area contributed by atoms with E-state index in [4.69, 9.17) is 5.26 Å². The van der Waals surface area contributed by atoms with Crippen LogP contribution in [0.2, 0.25) is 0 Å². The van der Waals surface area contributed by atoms with Gasteiger partial charge in [-0.15, -0.1) is 0 Å². The van der Waals surface area contributed by atoms with Crippen molar-refractivity contribution in [2.75, 3.05) is 4.90 Å². The van der Waals surface area contributed by atoms with E-state index in [1.54, 1.807) is 6.07 Å². The fourth-order valence-corrected chi connectivity index (χ4v) is 2.16. The Morgan fingerprint density at radius 2 is 1.85 bits per heavy atom. The summed E-state index contributed by atoms with van der Waals surface area (Å²) in [6.45, 7) is 4.80. The summed E-state index contributed by atoms with van der Waals surface area (Å²) >= 11 is 0. The Kier molecular flexibility index (Phi) is 4.37. The number of anilines is 1. The first-order valence-corrected chi connectivity index (χ1v) is 6.61. The first-order chi connectivity index (χ1) is 9.60. The third-order valence-electron chi connectivity index (χ3n) is 3.16. The van der Waals surface area contributed by atoms with Crippen molar-refractivity contribution in [1.29, 1.82) is 5.26 Å². The van der Waals surface area contributed by atoms with Crippen LogP contribution >= 0.6 is 0 Å². The second kappa shape index (κ2) is 6.21. The van der Waals surface area contributed by atoms with Crippen LogP contribution in [0.1, 0.15) is 25.0 Å². The van der Waals surface area contributed by atoms with Gasteiger partial charge in [-0.1, -0.05) is 30.3 Å². The highest BCUT2D eigenvalue weighted by molar-refractivity contribution is 5.53. The zero-order valence-electron chi connectivity index (χ0n) is 11.7. The van der Waals surface area contributed by atoms with Crippen LogP contribution in [0.3, 0.4) is 0 Å². The number of nitriles is 1. The van der Waals surface area contributed by atoms with Crippen molar-refractivity contribution in [3.05, 3.63) is 65.5 Å². The standard InChI is InChI=1S/C17H17FN2/c1-13(2)20(12-14-6-4-3-5-7-14)17-9-15(11-19)8-16(18)10-17/h3-10,13H,12H2,1-2H3. The number of benzene rings is 2. The molecule has 102 valence electrons. The van der Waals surface area contributed by atoms with Gasteiger partial charge in [0.25, 0.3) is 0 Å². The Labute approximate surface area is 119 Å². The van der Waals surface area contributed by atoms with Crippen LogP contribution in [-0.4, -0.2) is 6.04 Å². The lowest BCUT2D eigenvalue weighted by Gasteiger charge is -2.29. The molecular weight excluding hydrogens is 251 g/mol. The van der Waals surface area contributed by atoms with E-state index in [-0.39, 0.29) is 11.9 Å². The topological polar surface area (TPSA) is 27.0 Å². The molecule has 0 bridgehead atoms. The Morgan fingerprint density at radius 3 is 2.45 bits per heavy atom. The molecule has 0 aliphatic heterocycles. The lowest BCUT2D eigenvalue weighted by atomic mass is 10.1. The summed E-state index contributed by atoms with van der Waals surface area (Å²) in [5.74, 6) is -0.377. The first-order valence-electron chi connectivity index (χ1n) is 6.61. The van der Waals surface area contributed by atoms with Gasteiger partial charge in [-0.3, -0.25) is 0 Å². The maximum absolute atomic E-state index is 13.6. The molecule has 0 radical (unpaired) electrons. The van der Waals surface area contributed by atoms with Crippen molar-refractivity contribution >= 4 is 5.69 Å². The van der Waals surface area contributed by atoms with Gasteiger partial charge < -0.3 is 4.90 Å². The molecule has 0 fully saturated rings. The van der Waals surface area contributed by atoms with Crippen LogP contribution < -0.4 is 4.90 Å². The minimum absolute atomic E-state index is 0.212. The van der Waals surface area contributed by atoms with E-state index in [1.807, 2.05) is 36.4 Å². The van der Waals surface area contributed by atoms with Gasteiger partial charge in [0, 0.05) is 18.3 Å². The summed E-state index contributed by atoms with van der Waals surface area (Å²) < 4.78 is 13.6. The second-order valence-corrected chi connectivity index (χ2v) is 5.02. The molecule has 0 N–H and O–H groups in total. The minimum atomic E-state index is -0.377. The molecule has 0 saturated heterocycles. The van der Waals surface area contributed by atoms with Crippen molar-refractivity contribution in [2.45, 2.75) is 26.4 Å². The van der Waals surface area contributed by atoms with Crippen LogP contribution in [0.25, 0.3) is 0 Å². The molecule has 0 amide bonds. The Hall–Kier alpha value is -2.34. The fourth-order valence-electron chi connectivity index (χ4n) is 2.16. The van der Waals surface area contributed by atoms with E-state index >= 15 is 0 Å². The predicted octanol–water partition coefficient (Wildman–Crippen LogP) is 4.11. The largest absolute Gasteiger partial charge is 0.365 e. The SMILES string of the molecule is CC(C)N(Cc1ccccc1)c1cc(F)cc(C#N)c1. The number of hydrogen-bond donors (Lipinski definition) is 0. The molecule has 0 saturated carbocycles. The minimum Gasteiger partial charge on any atom is -0.365 e. The molecule has 0 aliphatic rings. The molecule has 2 nitrogen and oxygen atoms in total. The molecule has 0 aliphatic carbocycles. The lowest BCUT2D eigenvalue weighted by Crippen LogP contribution is -2.30. The molecular formula is C17H17FN2. The van der Waals surface area contributed by atoms with Crippen LogP contribution in [0, 0.1) is 17.1 Å². The molecule has 0 unspecified atom stereocenters. The van der Waals surface area contributed by atoms with Gasteiger partial charge in [0.05, 0.1) is 11.6 Å². The highest BCUT2D eigenvalue weighted by Crippen LogP contribution is 2.22. The average molecular weight is 268 g/mol. The molecule has 3 heteroatoms. The number of hydrogen-bond acceptors (Lipinski definition) is 2. The molecule has 0 atom stereocenters. The molecule has 0 heterocycles. The van der Waals surface area contributed by atoms with Crippen molar-refractivity contribution in [2.24, 2.45) is 0 Å². The van der Waals surface area contributed by atoms with Crippen molar-refractivity contribution in [3.8, 4) is 6.07 Å². The van der Waals surface area contributed by atoms with Crippen LogP contribution in [0.4, 0.5) is 10.1 Å². The van der Waals surface area contributed by atoms with Crippen molar-refractivity contribution in [3.63, 3.8) is 0 Å². The summed E-state index contributed by atoms with van der Waals surface area (Å²) in [5.41, 5.74) is 2.24. The normalized spacial score (nSPS) is 10.3. The quantitative estimate of drug-likeness (QED) is 0.834. The van der Waals surface area contributed by atoms with Gasteiger partial charge in [-0.25, -0.2) is 4.39 Å². The number of rotatable bonds is 4. The molecule has 20 heavy (non-hydrogen) atoms. The lowest BCUT2D eigenvalue weighted by molar-refractivity contribution is 0.621. The summed E-state index contributed by atoms with van der Waals surface area (Å²) in [6.07, 6.45) is 0. The Bertz CT molecular complexity index is 615. The maximum Gasteiger partial charge on any atom is 0.126 e. The van der Waals surface area contributed by atoms with Gasteiger partial charge in [0.1, 0.15) is 5.82 Å². The van der Waals surface area contributed by atoms with Gasteiger partial charge in [0.15, 0.2) is 0 Å². The third kappa shape index (κ3) is 3.36. The van der Waals surface area contributed by atoms with Gasteiger partial charge in [-0.2, -0.15) is 5.26 Å². The molecule has 2 aromatic carbocycles. The smallest absolute Gasteiger partial charge is 0.126 e. The zero-order chi connectivity index (χ0) is 14.5. The number of halogens is 1. The molecule has 0 spiro atoms.